The second-order valence-electron chi connectivity index (χ2n) is 7.80. The first-order chi connectivity index (χ1) is 15.4. The summed E-state index contributed by atoms with van der Waals surface area (Å²) in [7, 11) is 0. The standard InChI is InChI=1S/C22H22FN5O4/c1-15-20(25-26-27(15)18-6-3-7-19(13-18)28(30)31)21(29)24-14-22(8-10-32-11-9-22)16-4-2-5-17(23)12-16/h2-7,12-13H,8-11,14H2,1H3,(H,24,29). The lowest BCUT2D eigenvalue weighted by Crippen LogP contribution is -2.44. The fraction of sp³-hybridized carbons (Fsp3) is 0.318. The fourth-order valence-corrected chi connectivity index (χ4v) is 4.00. The SMILES string of the molecule is Cc1c(C(=O)NCC2(c3cccc(F)c3)CCOCC2)nnn1-c1cccc([N+](=O)[O-])c1. The van der Waals surface area contributed by atoms with E-state index in [1.807, 2.05) is 6.07 Å². The Labute approximate surface area is 183 Å². The number of non-ortho nitro benzene ring substituents is 1. The molecule has 1 aromatic heterocycles. The van der Waals surface area contributed by atoms with Gasteiger partial charge in [-0.25, -0.2) is 9.07 Å². The van der Waals surface area contributed by atoms with Crippen LogP contribution in [0.5, 0.6) is 0 Å². The summed E-state index contributed by atoms with van der Waals surface area (Å²) in [6, 6.07) is 12.4. The van der Waals surface area contributed by atoms with Crippen LogP contribution in [0.2, 0.25) is 0 Å². The number of hydrogen-bond acceptors (Lipinski definition) is 6. The Kier molecular flexibility index (Phi) is 5.95. The van der Waals surface area contributed by atoms with E-state index in [4.69, 9.17) is 4.74 Å². The van der Waals surface area contributed by atoms with Crippen molar-refractivity contribution in [1.29, 1.82) is 0 Å². The summed E-state index contributed by atoms with van der Waals surface area (Å²) in [6.45, 7) is 3.01. The lowest BCUT2D eigenvalue weighted by atomic mass is 9.74. The summed E-state index contributed by atoms with van der Waals surface area (Å²) in [6.07, 6.45) is 1.30. The zero-order valence-electron chi connectivity index (χ0n) is 17.5. The largest absolute Gasteiger partial charge is 0.381 e. The Morgan fingerprint density at radius 1 is 1.25 bits per heavy atom. The Balaban J connectivity index is 1.55. The molecular formula is C22H22FN5O4. The van der Waals surface area contributed by atoms with Crippen molar-refractivity contribution < 1.29 is 18.8 Å². The first kappa shape index (κ1) is 21.6. The molecule has 2 heterocycles. The normalized spacial score (nSPS) is 15.3. The average Bonchev–Trinajstić information content (AvgIpc) is 3.19. The maximum Gasteiger partial charge on any atom is 0.273 e. The van der Waals surface area contributed by atoms with Crippen LogP contribution in [0.15, 0.2) is 48.5 Å². The molecule has 2 aromatic carbocycles. The number of ether oxygens (including phenoxy) is 1. The molecule has 0 aliphatic carbocycles. The number of benzene rings is 2. The number of nitro groups is 1. The molecule has 3 aromatic rings. The number of halogens is 1. The van der Waals surface area contributed by atoms with Gasteiger partial charge in [-0.3, -0.25) is 14.9 Å². The Bertz CT molecular complexity index is 1160. The van der Waals surface area contributed by atoms with Crippen molar-refractivity contribution in [3.63, 3.8) is 0 Å². The van der Waals surface area contributed by atoms with E-state index in [0.29, 0.717) is 44.0 Å². The highest BCUT2D eigenvalue weighted by Gasteiger charge is 2.35. The number of rotatable bonds is 6. The highest BCUT2D eigenvalue weighted by molar-refractivity contribution is 5.93. The number of hydrogen-bond donors (Lipinski definition) is 1. The van der Waals surface area contributed by atoms with Crippen LogP contribution in [0.3, 0.4) is 0 Å². The van der Waals surface area contributed by atoms with Crippen molar-refractivity contribution in [3.8, 4) is 5.69 Å². The number of nitro benzene ring substituents is 1. The van der Waals surface area contributed by atoms with Crippen molar-refractivity contribution in [2.24, 2.45) is 0 Å². The quantitative estimate of drug-likeness (QED) is 0.467. The molecular weight excluding hydrogens is 417 g/mol. The van der Waals surface area contributed by atoms with Crippen LogP contribution in [0.1, 0.15) is 34.6 Å². The van der Waals surface area contributed by atoms with Gasteiger partial charge in [0.1, 0.15) is 5.82 Å². The fourth-order valence-electron chi connectivity index (χ4n) is 4.00. The zero-order valence-corrected chi connectivity index (χ0v) is 17.5. The van der Waals surface area contributed by atoms with Crippen LogP contribution in [0.25, 0.3) is 5.69 Å². The Hall–Kier alpha value is -3.66. The summed E-state index contributed by atoms with van der Waals surface area (Å²) in [5.41, 5.74) is 1.30. The van der Waals surface area contributed by atoms with Gasteiger partial charge in [-0.15, -0.1) is 5.10 Å². The summed E-state index contributed by atoms with van der Waals surface area (Å²) < 4.78 is 20.7. The first-order valence-electron chi connectivity index (χ1n) is 10.2. The van der Waals surface area contributed by atoms with Gasteiger partial charge in [0.05, 0.1) is 16.3 Å². The van der Waals surface area contributed by atoms with E-state index in [-0.39, 0.29) is 17.2 Å². The minimum absolute atomic E-state index is 0.0834. The molecule has 1 amide bonds. The monoisotopic (exact) mass is 439 g/mol. The van der Waals surface area contributed by atoms with Crippen molar-refractivity contribution in [1.82, 2.24) is 20.3 Å². The zero-order chi connectivity index (χ0) is 22.7. The molecule has 0 saturated carbocycles. The Morgan fingerprint density at radius 2 is 2.00 bits per heavy atom. The van der Waals surface area contributed by atoms with Crippen molar-refractivity contribution in [2.75, 3.05) is 19.8 Å². The Morgan fingerprint density at radius 3 is 2.72 bits per heavy atom. The van der Waals surface area contributed by atoms with Crippen molar-refractivity contribution >= 4 is 11.6 Å². The van der Waals surface area contributed by atoms with Gasteiger partial charge in [0, 0.05) is 37.3 Å². The number of aromatic nitrogens is 3. The van der Waals surface area contributed by atoms with Crippen LogP contribution in [0, 0.1) is 22.9 Å². The van der Waals surface area contributed by atoms with E-state index >= 15 is 0 Å². The third-order valence-corrected chi connectivity index (χ3v) is 5.87. The van der Waals surface area contributed by atoms with Crippen LogP contribution >= 0.6 is 0 Å². The lowest BCUT2D eigenvalue weighted by molar-refractivity contribution is -0.384. The highest BCUT2D eigenvalue weighted by atomic mass is 19.1. The van der Waals surface area contributed by atoms with Gasteiger partial charge < -0.3 is 10.1 Å². The number of amides is 1. The first-order valence-corrected chi connectivity index (χ1v) is 10.2. The molecule has 9 nitrogen and oxygen atoms in total. The molecule has 0 spiro atoms. The van der Waals surface area contributed by atoms with E-state index in [1.165, 1.54) is 28.9 Å². The third kappa shape index (κ3) is 4.22. The molecule has 0 unspecified atom stereocenters. The second kappa shape index (κ2) is 8.83. The lowest BCUT2D eigenvalue weighted by Gasteiger charge is -2.37. The van der Waals surface area contributed by atoms with Gasteiger partial charge in [-0.1, -0.05) is 23.4 Å². The molecule has 1 N–H and O–H groups in total. The molecule has 32 heavy (non-hydrogen) atoms. The van der Waals surface area contributed by atoms with Crippen LogP contribution in [-0.2, 0) is 10.2 Å². The number of carbonyl (C=O) groups excluding carboxylic acids is 1. The van der Waals surface area contributed by atoms with Gasteiger partial charge in [0.15, 0.2) is 5.69 Å². The van der Waals surface area contributed by atoms with E-state index < -0.39 is 16.2 Å². The third-order valence-electron chi connectivity index (χ3n) is 5.87. The molecule has 4 rings (SSSR count). The predicted octanol–water partition coefficient (Wildman–Crippen LogP) is 3.10. The molecule has 1 aliphatic heterocycles. The molecule has 1 aliphatic rings. The smallest absolute Gasteiger partial charge is 0.273 e. The molecule has 0 bridgehead atoms. The van der Waals surface area contributed by atoms with Crippen molar-refractivity contribution in [3.05, 3.63) is 81.4 Å². The average molecular weight is 439 g/mol. The second-order valence-corrected chi connectivity index (χ2v) is 7.80. The van der Waals surface area contributed by atoms with Crippen molar-refractivity contribution in [2.45, 2.75) is 25.2 Å². The van der Waals surface area contributed by atoms with E-state index in [2.05, 4.69) is 15.6 Å². The highest BCUT2D eigenvalue weighted by Crippen LogP contribution is 2.34. The molecule has 0 radical (unpaired) electrons. The van der Waals surface area contributed by atoms with Gasteiger partial charge in [0.2, 0.25) is 0 Å². The summed E-state index contributed by atoms with van der Waals surface area (Å²) in [5, 5.41) is 22.0. The summed E-state index contributed by atoms with van der Waals surface area (Å²) in [5.74, 6) is -0.739. The van der Waals surface area contributed by atoms with E-state index in [9.17, 15) is 19.3 Å². The summed E-state index contributed by atoms with van der Waals surface area (Å²) in [4.78, 5) is 23.5. The van der Waals surface area contributed by atoms with Gasteiger partial charge in [-0.2, -0.15) is 0 Å². The van der Waals surface area contributed by atoms with Gasteiger partial charge in [-0.05, 0) is 43.5 Å². The summed E-state index contributed by atoms with van der Waals surface area (Å²) >= 11 is 0. The minimum Gasteiger partial charge on any atom is -0.381 e. The maximum atomic E-state index is 13.9. The van der Waals surface area contributed by atoms with E-state index in [1.54, 1.807) is 25.1 Å². The number of carbonyl (C=O) groups is 1. The number of nitrogens with one attached hydrogen (secondary N) is 1. The van der Waals surface area contributed by atoms with Crippen LogP contribution in [0.4, 0.5) is 10.1 Å². The number of nitrogens with zero attached hydrogens (tertiary/aromatic N) is 4. The minimum atomic E-state index is -0.497. The molecule has 1 saturated heterocycles. The topological polar surface area (TPSA) is 112 Å². The van der Waals surface area contributed by atoms with Crippen LogP contribution in [-0.4, -0.2) is 45.6 Å². The predicted molar refractivity (Wildman–Crippen MR) is 113 cm³/mol. The maximum absolute atomic E-state index is 13.9. The molecule has 10 heteroatoms. The molecule has 1 fully saturated rings. The van der Waals surface area contributed by atoms with Gasteiger partial charge in [0.25, 0.3) is 11.6 Å². The van der Waals surface area contributed by atoms with E-state index in [0.717, 1.165) is 5.56 Å². The van der Waals surface area contributed by atoms with Crippen LogP contribution < -0.4 is 5.32 Å². The molecule has 166 valence electrons. The molecule has 0 atom stereocenters. The van der Waals surface area contributed by atoms with Gasteiger partial charge >= 0.3 is 0 Å².